The maximum Gasteiger partial charge on any atom is 0.256 e. The second kappa shape index (κ2) is 7.18. The Kier molecular flexibility index (Phi) is 5.01. The number of amides is 1. The molecule has 1 amide bonds. The lowest BCUT2D eigenvalue weighted by Gasteiger charge is -2.34. The van der Waals surface area contributed by atoms with Crippen LogP contribution in [0.5, 0.6) is 0 Å². The highest BCUT2D eigenvalue weighted by Crippen LogP contribution is 2.30. The van der Waals surface area contributed by atoms with Crippen LogP contribution in [-0.4, -0.2) is 35.1 Å². The van der Waals surface area contributed by atoms with E-state index in [4.69, 9.17) is 0 Å². The molecule has 4 heteroatoms. The molecule has 1 aromatic carbocycles. The molecule has 1 aliphatic rings. The van der Waals surface area contributed by atoms with Gasteiger partial charge in [0.15, 0.2) is 0 Å². The van der Waals surface area contributed by atoms with Crippen molar-refractivity contribution in [2.45, 2.75) is 30.7 Å². The number of aromatic nitrogens is 1. The summed E-state index contributed by atoms with van der Waals surface area (Å²) < 4.78 is 0. The Balaban J connectivity index is 1.81. The van der Waals surface area contributed by atoms with Gasteiger partial charge < -0.3 is 4.90 Å². The lowest BCUT2D eigenvalue weighted by Crippen LogP contribution is -2.39. The molecule has 1 fully saturated rings. The average Bonchev–Trinajstić information content (AvgIpc) is 2.61. The summed E-state index contributed by atoms with van der Waals surface area (Å²) in [6.07, 6.45) is 5.91. The molecule has 0 saturated carbocycles. The fraction of sp³-hybridized carbons (Fsp3) is 0.368. The molecular formula is C19H22N2OS. The number of aryl methyl sites for hydroxylation is 1. The monoisotopic (exact) mass is 326 g/mol. The quantitative estimate of drug-likeness (QED) is 0.795. The highest BCUT2D eigenvalue weighted by molar-refractivity contribution is 7.98. The zero-order valence-corrected chi connectivity index (χ0v) is 14.5. The zero-order valence-electron chi connectivity index (χ0n) is 13.7. The number of pyridine rings is 1. The number of benzene rings is 1. The predicted molar refractivity (Wildman–Crippen MR) is 95.1 cm³/mol. The fourth-order valence-electron chi connectivity index (χ4n) is 3.35. The van der Waals surface area contributed by atoms with E-state index in [1.54, 1.807) is 6.20 Å². The first kappa shape index (κ1) is 16.1. The van der Waals surface area contributed by atoms with Crippen molar-refractivity contribution in [1.29, 1.82) is 0 Å². The normalized spacial score (nSPS) is 18.0. The van der Waals surface area contributed by atoms with Crippen LogP contribution in [0.15, 0.2) is 47.6 Å². The predicted octanol–water partition coefficient (Wildman–Crippen LogP) is 4.13. The molecule has 3 nitrogen and oxygen atoms in total. The minimum Gasteiger partial charge on any atom is -0.338 e. The molecule has 120 valence electrons. The molecule has 1 atom stereocenters. The van der Waals surface area contributed by atoms with Crippen molar-refractivity contribution >= 4 is 17.7 Å². The van der Waals surface area contributed by atoms with Gasteiger partial charge in [-0.2, -0.15) is 0 Å². The van der Waals surface area contributed by atoms with E-state index in [1.165, 1.54) is 22.9 Å². The molecule has 0 bridgehead atoms. The van der Waals surface area contributed by atoms with Gasteiger partial charge in [-0.1, -0.05) is 24.3 Å². The average molecular weight is 326 g/mol. The van der Waals surface area contributed by atoms with Gasteiger partial charge in [0.25, 0.3) is 5.91 Å². The lowest BCUT2D eigenvalue weighted by molar-refractivity contribution is 0.0702. The van der Waals surface area contributed by atoms with Gasteiger partial charge in [0.1, 0.15) is 5.03 Å². The van der Waals surface area contributed by atoms with Crippen molar-refractivity contribution in [1.82, 2.24) is 9.88 Å². The molecule has 1 saturated heterocycles. The summed E-state index contributed by atoms with van der Waals surface area (Å²) in [7, 11) is 0. The van der Waals surface area contributed by atoms with Crippen molar-refractivity contribution in [2.24, 2.45) is 0 Å². The van der Waals surface area contributed by atoms with Gasteiger partial charge in [-0.25, -0.2) is 4.98 Å². The van der Waals surface area contributed by atoms with Crippen LogP contribution in [0.4, 0.5) is 0 Å². The van der Waals surface area contributed by atoms with Crippen LogP contribution in [-0.2, 0) is 0 Å². The van der Waals surface area contributed by atoms with E-state index in [1.807, 2.05) is 23.3 Å². The molecule has 23 heavy (non-hydrogen) atoms. The molecule has 2 heterocycles. The van der Waals surface area contributed by atoms with Crippen LogP contribution < -0.4 is 0 Å². The maximum absolute atomic E-state index is 12.9. The van der Waals surface area contributed by atoms with Crippen molar-refractivity contribution in [3.8, 4) is 0 Å². The zero-order chi connectivity index (χ0) is 16.2. The van der Waals surface area contributed by atoms with Gasteiger partial charge in [0.2, 0.25) is 0 Å². The van der Waals surface area contributed by atoms with Gasteiger partial charge >= 0.3 is 0 Å². The number of carbonyl (C=O) groups excluding carboxylic acids is 1. The van der Waals surface area contributed by atoms with Crippen LogP contribution in [0.1, 0.15) is 40.2 Å². The number of nitrogens with zero attached hydrogens (tertiary/aromatic N) is 2. The summed E-state index contributed by atoms with van der Waals surface area (Å²) in [6, 6.07) is 12.3. The minimum atomic E-state index is 0.112. The van der Waals surface area contributed by atoms with Crippen LogP contribution in [0, 0.1) is 6.92 Å². The van der Waals surface area contributed by atoms with E-state index >= 15 is 0 Å². The number of likely N-dealkylation sites (tertiary alicyclic amines) is 1. The van der Waals surface area contributed by atoms with Gasteiger partial charge in [-0.05, 0) is 49.3 Å². The molecule has 0 aliphatic carbocycles. The first-order valence-corrected chi connectivity index (χ1v) is 9.27. The standard InChI is InChI=1S/C19H22N2OS/c1-14-7-3-4-9-16(14)15-8-6-12-21(13-15)19(22)17-10-5-11-20-18(17)23-2/h3-5,7,9-11,15H,6,8,12-13H2,1-2H3/t15-/m1/s1. The number of piperidine rings is 1. The summed E-state index contributed by atoms with van der Waals surface area (Å²) in [6.45, 7) is 3.79. The molecular weight excluding hydrogens is 304 g/mol. The Morgan fingerprint density at radius 3 is 2.87 bits per heavy atom. The molecule has 2 aromatic rings. The lowest BCUT2D eigenvalue weighted by atomic mass is 9.88. The van der Waals surface area contributed by atoms with Crippen LogP contribution >= 0.6 is 11.8 Å². The molecule has 3 rings (SSSR count). The van der Waals surface area contributed by atoms with Gasteiger partial charge in [-0.15, -0.1) is 11.8 Å². The third-order valence-electron chi connectivity index (χ3n) is 4.53. The summed E-state index contributed by atoms with van der Waals surface area (Å²) >= 11 is 1.53. The second-order valence-electron chi connectivity index (χ2n) is 6.01. The van der Waals surface area contributed by atoms with Crippen LogP contribution in [0.3, 0.4) is 0 Å². The first-order valence-electron chi connectivity index (χ1n) is 8.04. The molecule has 0 unspecified atom stereocenters. The Bertz CT molecular complexity index is 701. The third kappa shape index (κ3) is 3.42. The summed E-state index contributed by atoms with van der Waals surface area (Å²) in [5, 5.41) is 0.815. The molecule has 0 spiro atoms. The second-order valence-corrected chi connectivity index (χ2v) is 6.80. The summed E-state index contributed by atoms with van der Waals surface area (Å²) in [5.41, 5.74) is 3.42. The Morgan fingerprint density at radius 1 is 1.26 bits per heavy atom. The van der Waals surface area contributed by atoms with E-state index in [0.29, 0.717) is 5.92 Å². The number of thioether (sulfide) groups is 1. The van der Waals surface area contributed by atoms with Crippen LogP contribution in [0.2, 0.25) is 0 Å². The minimum absolute atomic E-state index is 0.112. The van der Waals surface area contributed by atoms with Gasteiger partial charge in [0, 0.05) is 25.2 Å². The highest BCUT2D eigenvalue weighted by atomic mass is 32.2. The molecule has 1 aliphatic heterocycles. The summed E-state index contributed by atoms with van der Waals surface area (Å²) in [5.74, 6) is 0.545. The molecule has 0 radical (unpaired) electrons. The van der Waals surface area contributed by atoms with Gasteiger partial charge in [0.05, 0.1) is 5.56 Å². The number of hydrogen-bond donors (Lipinski definition) is 0. The van der Waals surface area contributed by atoms with Crippen molar-refractivity contribution < 1.29 is 4.79 Å². The van der Waals surface area contributed by atoms with E-state index in [-0.39, 0.29) is 5.91 Å². The first-order chi connectivity index (χ1) is 11.2. The Morgan fingerprint density at radius 2 is 2.09 bits per heavy atom. The largest absolute Gasteiger partial charge is 0.338 e. The van der Waals surface area contributed by atoms with Crippen molar-refractivity contribution in [3.05, 3.63) is 59.3 Å². The molecule has 1 aromatic heterocycles. The van der Waals surface area contributed by atoms with E-state index in [0.717, 1.165) is 36.5 Å². The Labute approximate surface area is 142 Å². The SMILES string of the molecule is CSc1ncccc1C(=O)N1CCC[C@@H](c2ccccc2C)C1. The smallest absolute Gasteiger partial charge is 0.256 e. The van der Waals surface area contributed by atoms with Crippen molar-refractivity contribution in [3.63, 3.8) is 0 Å². The highest BCUT2D eigenvalue weighted by Gasteiger charge is 2.27. The maximum atomic E-state index is 12.9. The fourth-order valence-corrected chi connectivity index (χ4v) is 3.89. The number of hydrogen-bond acceptors (Lipinski definition) is 3. The number of carbonyl (C=O) groups is 1. The summed E-state index contributed by atoms with van der Waals surface area (Å²) in [4.78, 5) is 19.2. The number of rotatable bonds is 3. The third-order valence-corrected chi connectivity index (χ3v) is 5.24. The van der Waals surface area contributed by atoms with E-state index in [9.17, 15) is 4.79 Å². The van der Waals surface area contributed by atoms with Crippen LogP contribution in [0.25, 0.3) is 0 Å². The Hall–Kier alpha value is -1.81. The van der Waals surface area contributed by atoms with Crippen molar-refractivity contribution in [2.75, 3.05) is 19.3 Å². The topological polar surface area (TPSA) is 33.2 Å². The molecule has 0 N–H and O–H groups in total. The van der Waals surface area contributed by atoms with E-state index < -0.39 is 0 Å². The van der Waals surface area contributed by atoms with E-state index in [2.05, 4.69) is 36.2 Å². The van der Waals surface area contributed by atoms with Gasteiger partial charge in [-0.3, -0.25) is 4.79 Å².